The van der Waals surface area contributed by atoms with Crippen LogP contribution in [-0.2, 0) is 14.3 Å². The number of rotatable bonds is 5. The van der Waals surface area contributed by atoms with Crippen molar-refractivity contribution in [2.24, 2.45) is 0 Å². The average Bonchev–Trinajstić information content (AvgIpc) is 1.84. The van der Waals surface area contributed by atoms with Crippen LogP contribution in [0.3, 0.4) is 0 Å². The molecule has 1 atom stereocenters. The highest BCUT2D eigenvalue weighted by molar-refractivity contribution is 5.77. The van der Waals surface area contributed by atoms with E-state index >= 15 is 0 Å². The van der Waals surface area contributed by atoms with Crippen LogP contribution in [0.4, 0.5) is 0 Å². The number of aliphatic hydroxyl groups excluding tert-OH is 1. The van der Waals surface area contributed by atoms with Gasteiger partial charge in [-0.1, -0.05) is 0 Å². The van der Waals surface area contributed by atoms with Crippen molar-refractivity contribution in [3.63, 3.8) is 0 Å². The monoisotopic (exact) mass is 174 g/mol. The lowest BCUT2D eigenvalue weighted by atomic mass is 10.1. The molecule has 0 saturated carbocycles. The topological polar surface area (TPSA) is 63.6 Å². The molecule has 0 aliphatic heterocycles. The predicted molar refractivity (Wildman–Crippen MR) is 42.6 cm³/mol. The van der Waals surface area contributed by atoms with Crippen LogP contribution in [0, 0.1) is 0 Å². The lowest BCUT2D eigenvalue weighted by molar-refractivity contribution is -0.145. The zero-order chi connectivity index (χ0) is 9.56. The van der Waals surface area contributed by atoms with Crippen LogP contribution < -0.4 is 0 Å². The molecule has 0 saturated heterocycles. The molecule has 4 heteroatoms. The minimum atomic E-state index is -0.901. The Bertz CT molecular complexity index is 164. The smallest absolute Gasteiger partial charge is 0.308 e. The fraction of sp³-hybridized carbons (Fsp3) is 0.750. The van der Waals surface area contributed by atoms with Gasteiger partial charge in [0.15, 0.2) is 0 Å². The standard InChI is InChI=1S/C8H14O4/c1-3-12-8(11)5-7(10)4-6(2)9/h7,10H,3-5H2,1-2H3. The van der Waals surface area contributed by atoms with Crippen LogP contribution in [0.15, 0.2) is 0 Å². The van der Waals surface area contributed by atoms with Gasteiger partial charge in [-0.25, -0.2) is 0 Å². The van der Waals surface area contributed by atoms with E-state index in [0.717, 1.165) is 0 Å². The van der Waals surface area contributed by atoms with Gasteiger partial charge in [0.2, 0.25) is 0 Å². The number of carbonyl (C=O) groups is 2. The second-order valence-corrected chi connectivity index (χ2v) is 2.57. The van der Waals surface area contributed by atoms with Crippen LogP contribution >= 0.6 is 0 Å². The van der Waals surface area contributed by atoms with Crippen molar-refractivity contribution in [3.8, 4) is 0 Å². The molecule has 0 radical (unpaired) electrons. The summed E-state index contributed by atoms with van der Waals surface area (Å²) in [6, 6.07) is 0. The average molecular weight is 174 g/mol. The molecule has 70 valence electrons. The van der Waals surface area contributed by atoms with Gasteiger partial charge in [0.05, 0.1) is 19.1 Å². The third kappa shape index (κ3) is 5.85. The maximum atomic E-state index is 10.7. The van der Waals surface area contributed by atoms with E-state index in [1.165, 1.54) is 6.92 Å². The summed E-state index contributed by atoms with van der Waals surface area (Å²) in [6.45, 7) is 3.36. The first kappa shape index (κ1) is 11.1. The van der Waals surface area contributed by atoms with Gasteiger partial charge in [0, 0.05) is 6.42 Å². The van der Waals surface area contributed by atoms with E-state index in [4.69, 9.17) is 5.11 Å². The maximum absolute atomic E-state index is 10.7. The lowest BCUT2D eigenvalue weighted by Crippen LogP contribution is -2.18. The Hall–Kier alpha value is -0.900. The minimum Gasteiger partial charge on any atom is -0.466 e. The van der Waals surface area contributed by atoms with E-state index in [2.05, 4.69) is 4.74 Å². The normalized spacial score (nSPS) is 12.2. The Morgan fingerprint density at radius 3 is 2.42 bits per heavy atom. The Labute approximate surface area is 71.5 Å². The number of aliphatic hydroxyl groups is 1. The van der Waals surface area contributed by atoms with E-state index in [-0.39, 0.29) is 18.6 Å². The zero-order valence-electron chi connectivity index (χ0n) is 7.37. The first-order valence-corrected chi connectivity index (χ1v) is 3.89. The third-order valence-corrected chi connectivity index (χ3v) is 1.23. The molecule has 0 bridgehead atoms. The molecule has 1 N–H and O–H groups in total. The summed E-state index contributed by atoms with van der Waals surface area (Å²) >= 11 is 0. The Balaban J connectivity index is 3.61. The molecule has 0 amide bonds. The number of esters is 1. The van der Waals surface area contributed by atoms with Crippen molar-refractivity contribution >= 4 is 11.8 Å². The van der Waals surface area contributed by atoms with Crippen LogP contribution in [0.25, 0.3) is 0 Å². The summed E-state index contributed by atoms with van der Waals surface area (Å²) in [5.74, 6) is -0.599. The molecule has 0 aromatic rings. The fourth-order valence-corrected chi connectivity index (χ4v) is 0.816. The lowest BCUT2D eigenvalue weighted by Gasteiger charge is -2.06. The van der Waals surface area contributed by atoms with E-state index in [0.29, 0.717) is 6.61 Å². The van der Waals surface area contributed by atoms with Crippen molar-refractivity contribution in [1.82, 2.24) is 0 Å². The number of Topliss-reactive ketones (excluding diaryl/α,β-unsaturated/α-hetero) is 1. The van der Waals surface area contributed by atoms with Crippen molar-refractivity contribution in [1.29, 1.82) is 0 Å². The molecule has 0 rings (SSSR count). The Kier molecular flexibility index (Phi) is 5.28. The maximum Gasteiger partial charge on any atom is 0.308 e. The highest BCUT2D eigenvalue weighted by Crippen LogP contribution is 2.00. The first-order valence-electron chi connectivity index (χ1n) is 3.89. The number of hydrogen-bond donors (Lipinski definition) is 1. The first-order chi connectivity index (χ1) is 5.56. The molecule has 0 aliphatic rings. The molecular weight excluding hydrogens is 160 g/mol. The number of ketones is 1. The van der Waals surface area contributed by atoms with Gasteiger partial charge < -0.3 is 9.84 Å². The fourth-order valence-electron chi connectivity index (χ4n) is 0.816. The van der Waals surface area contributed by atoms with E-state index in [1.54, 1.807) is 6.92 Å². The summed E-state index contributed by atoms with van der Waals surface area (Å²) < 4.78 is 4.58. The SMILES string of the molecule is CCOC(=O)CC(O)CC(C)=O. The summed E-state index contributed by atoms with van der Waals surface area (Å²) in [5.41, 5.74) is 0. The largest absolute Gasteiger partial charge is 0.466 e. The minimum absolute atomic E-state index is 0.0127. The van der Waals surface area contributed by atoms with Crippen LogP contribution in [0.2, 0.25) is 0 Å². The molecule has 0 spiro atoms. The number of hydrogen-bond acceptors (Lipinski definition) is 4. The quantitative estimate of drug-likeness (QED) is 0.608. The van der Waals surface area contributed by atoms with Gasteiger partial charge in [0.25, 0.3) is 0 Å². The molecular formula is C8H14O4. The Morgan fingerprint density at radius 1 is 1.42 bits per heavy atom. The Morgan fingerprint density at radius 2 is 2.00 bits per heavy atom. The molecule has 0 aromatic carbocycles. The second-order valence-electron chi connectivity index (χ2n) is 2.57. The number of ether oxygens (including phenoxy) is 1. The van der Waals surface area contributed by atoms with Crippen LogP contribution in [0.5, 0.6) is 0 Å². The van der Waals surface area contributed by atoms with Crippen molar-refractivity contribution in [2.45, 2.75) is 32.8 Å². The molecule has 12 heavy (non-hydrogen) atoms. The highest BCUT2D eigenvalue weighted by atomic mass is 16.5. The highest BCUT2D eigenvalue weighted by Gasteiger charge is 2.12. The van der Waals surface area contributed by atoms with Crippen LogP contribution in [-0.4, -0.2) is 29.6 Å². The van der Waals surface area contributed by atoms with Crippen molar-refractivity contribution < 1.29 is 19.4 Å². The molecule has 0 heterocycles. The summed E-state index contributed by atoms with van der Waals surface area (Å²) in [5, 5.41) is 9.09. The third-order valence-electron chi connectivity index (χ3n) is 1.23. The molecule has 0 aliphatic carbocycles. The second kappa shape index (κ2) is 5.71. The molecule has 1 unspecified atom stereocenters. The van der Waals surface area contributed by atoms with Crippen LogP contribution in [0.1, 0.15) is 26.7 Å². The van der Waals surface area contributed by atoms with Crippen molar-refractivity contribution in [2.75, 3.05) is 6.61 Å². The molecule has 0 aromatic heterocycles. The van der Waals surface area contributed by atoms with Gasteiger partial charge in [-0.3, -0.25) is 9.59 Å². The zero-order valence-corrected chi connectivity index (χ0v) is 7.37. The van der Waals surface area contributed by atoms with Gasteiger partial charge in [0.1, 0.15) is 5.78 Å². The van der Waals surface area contributed by atoms with E-state index in [9.17, 15) is 9.59 Å². The van der Waals surface area contributed by atoms with E-state index in [1.807, 2.05) is 0 Å². The predicted octanol–water partition coefficient (Wildman–Crippen LogP) is 0.280. The summed E-state index contributed by atoms with van der Waals surface area (Å²) in [6.07, 6.45) is -0.992. The summed E-state index contributed by atoms with van der Waals surface area (Å²) in [7, 11) is 0. The summed E-state index contributed by atoms with van der Waals surface area (Å²) in [4.78, 5) is 21.2. The van der Waals surface area contributed by atoms with Gasteiger partial charge in [-0.15, -0.1) is 0 Å². The van der Waals surface area contributed by atoms with E-state index < -0.39 is 12.1 Å². The molecule has 4 nitrogen and oxygen atoms in total. The van der Waals surface area contributed by atoms with Gasteiger partial charge in [-0.05, 0) is 13.8 Å². The van der Waals surface area contributed by atoms with Crippen molar-refractivity contribution in [3.05, 3.63) is 0 Å². The van der Waals surface area contributed by atoms with Gasteiger partial charge >= 0.3 is 5.97 Å². The van der Waals surface area contributed by atoms with Gasteiger partial charge in [-0.2, -0.15) is 0 Å². The number of carbonyl (C=O) groups excluding carboxylic acids is 2. The molecule has 0 fully saturated rings.